The van der Waals surface area contributed by atoms with E-state index in [1.807, 2.05) is 0 Å². The molecule has 1 unspecified atom stereocenters. The molecular weight excluding hydrogens is 222 g/mol. The first-order valence-electron chi connectivity index (χ1n) is 5.37. The van der Waals surface area contributed by atoms with E-state index in [0.29, 0.717) is 24.9 Å². The lowest BCUT2D eigenvalue weighted by molar-refractivity contribution is -0.141. The highest BCUT2D eigenvalue weighted by Gasteiger charge is 2.10. The van der Waals surface area contributed by atoms with Crippen molar-refractivity contribution in [2.24, 2.45) is 5.92 Å². The van der Waals surface area contributed by atoms with Gasteiger partial charge >= 0.3 is 5.97 Å². The first-order valence-corrected chi connectivity index (χ1v) is 5.37. The largest absolute Gasteiger partial charge is 0.481 e. The summed E-state index contributed by atoms with van der Waals surface area (Å²) in [5.74, 6) is -1.44. The first-order chi connectivity index (χ1) is 8.11. The van der Waals surface area contributed by atoms with Crippen molar-refractivity contribution in [2.75, 3.05) is 6.54 Å². The van der Waals surface area contributed by atoms with Gasteiger partial charge in [-0.3, -0.25) is 9.59 Å². The topological polar surface area (TPSA) is 92.2 Å². The van der Waals surface area contributed by atoms with Crippen molar-refractivity contribution in [3.05, 3.63) is 24.3 Å². The van der Waals surface area contributed by atoms with Crippen LogP contribution in [-0.2, 0) is 4.79 Å². The zero-order valence-electron chi connectivity index (χ0n) is 9.59. The summed E-state index contributed by atoms with van der Waals surface area (Å²) in [6, 6.07) is 0. The van der Waals surface area contributed by atoms with Crippen molar-refractivity contribution >= 4 is 11.9 Å². The second kappa shape index (κ2) is 6.57. The second-order valence-electron chi connectivity index (χ2n) is 3.76. The normalized spacial score (nSPS) is 11.8. The predicted octanol–water partition coefficient (Wildman–Crippen LogP) is 0.707. The molecule has 0 saturated carbocycles. The molecule has 0 fully saturated rings. The van der Waals surface area contributed by atoms with E-state index in [0.717, 1.165) is 0 Å². The maximum atomic E-state index is 11.5. The molecule has 6 heteroatoms. The number of hydrogen-bond acceptors (Lipinski definition) is 4. The minimum Gasteiger partial charge on any atom is -0.481 e. The molecule has 0 aliphatic carbocycles. The van der Waals surface area contributed by atoms with Crippen LogP contribution < -0.4 is 5.32 Å². The van der Waals surface area contributed by atoms with Crippen molar-refractivity contribution < 1.29 is 14.7 Å². The number of carboxylic acid groups (broad SMARTS) is 1. The number of nitrogens with one attached hydrogen (secondary N) is 1. The molecule has 0 aliphatic rings. The molecule has 1 aromatic rings. The number of aromatic nitrogens is 2. The Bertz CT molecular complexity index is 381. The van der Waals surface area contributed by atoms with Crippen LogP contribution in [0.2, 0.25) is 0 Å². The molecule has 0 saturated heterocycles. The Hall–Kier alpha value is -1.98. The van der Waals surface area contributed by atoms with E-state index in [-0.39, 0.29) is 11.8 Å². The van der Waals surface area contributed by atoms with Crippen LogP contribution >= 0.6 is 0 Å². The van der Waals surface area contributed by atoms with Crippen molar-refractivity contribution in [1.29, 1.82) is 0 Å². The third kappa shape index (κ3) is 4.58. The van der Waals surface area contributed by atoms with Crippen LogP contribution in [0.1, 0.15) is 30.1 Å². The van der Waals surface area contributed by atoms with E-state index in [4.69, 9.17) is 5.11 Å². The van der Waals surface area contributed by atoms with E-state index in [9.17, 15) is 9.59 Å². The molecule has 1 rings (SSSR count). The third-order valence-electron chi connectivity index (χ3n) is 2.34. The molecule has 1 atom stereocenters. The molecule has 2 N–H and O–H groups in total. The van der Waals surface area contributed by atoms with Crippen molar-refractivity contribution in [3.8, 4) is 0 Å². The van der Waals surface area contributed by atoms with E-state index in [1.54, 1.807) is 6.92 Å². The van der Waals surface area contributed by atoms with Crippen LogP contribution in [0.15, 0.2) is 18.7 Å². The van der Waals surface area contributed by atoms with Gasteiger partial charge in [0.1, 0.15) is 6.33 Å². The summed E-state index contributed by atoms with van der Waals surface area (Å²) in [5.41, 5.74) is 0.402. The van der Waals surface area contributed by atoms with Crippen LogP contribution in [-0.4, -0.2) is 33.5 Å². The van der Waals surface area contributed by atoms with Crippen molar-refractivity contribution in [1.82, 2.24) is 15.3 Å². The molecule has 6 nitrogen and oxygen atoms in total. The molecule has 92 valence electrons. The summed E-state index contributed by atoms with van der Waals surface area (Å²) in [7, 11) is 0. The van der Waals surface area contributed by atoms with Crippen LogP contribution in [0.3, 0.4) is 0 Å². The smallest absolute Gasteiger partial charge is 0.306 e. The van der Waals surface area contributed by atoms with Gasteiger partial charge in [-0.15, -0.1) is 0 Å². The zero-order valence-corrected chi connectivity index (χ0v) is 9.59. The van der Waals surface area contributed by atoms with Crippen LogP contribution in [0.5, 0.6) is 0 Å². The van der Waals surface area contributed by atoms with Gasteiger partial charge in [-0.05, 0) is 12.8 Å². The molecular formula is C11H15N3O3. The first kappa shape index (κ1) is 13.1. The molecule has 0 spiro atoms. The Balaban J connectivity index is 2.24. The fraction of sp³-hybridized carbons (Fsp3) is 0.455. The number of amides is 1. The quantitative estimate of drug-likeness (QED) is 0.711. The number of carbonyl (C=O) groups is 2. The van der Waals surface area contributed by atoms with Crippen molar-refractivity contribution in [2.45, 2.75) is 19.8 Å². The lowest BCUT2D eigenvalue weighted by atomic mass is 10.1. The van der Waals surface area contributed by atoms with E-state index in [2.05, 4.69) is 15.3 Å². The van der Waals surface area contributed by atoms with Gasteiger partial charge in [-0.1, -0.05) is 6.92 Å². The second-order valence-corrected chi connectivity index (χ2v) is 3.76. The maximum absolute atomic E-state index is 11.5. The summed E-state index contributed by atoms with van der Waals surface area (Å²) in [5, 5.41) is 11.3. The number of carboxylic acids is 1. The van der Waals surface area contributed by atoms with E-state index < -0.39 is 5.97 Å². The van der Waals surface area contributed by atoms with Gasteiger partial charge in [-0.2, -0.15) is 0 Å². The molecule has 0 bridgehead atoms. The molecule has 1 aromatic heterocycles. The minimum atomic E-state index is -0.812. The standard InChI is InChI=1S/C11H15N3O3/c1-8(11(16)17)3-2-4-14-10(15)9-5-12-7-13-6-9/h5-8H,2-4H2,1H3,(H,14,15)(H,16,17). The summed E-state index contributed by atoms with van der Waals surface area (Å²) in [4.78, 5) is 29.5. The maximum Gasteiger partial charge on any atom is 0.306 e. The summed E-state index contributed by atoms with van der Waals surface area (Å²) >= 11 is 0. The van der Waals surface area contributed by atoms with E-state index >= 15 is 0 Å². The van der Waals surface area contributed by atoms with Gasteiger partial charge in [0.25, 0.3) is 5.91 Å². The molecule has 1 heterocycles. The van der Waals surface area contributed by atoms with E-state index in [1.165, 1.54) is 18.7 Å². The van der Waals surface area contributed by atoms with Gasteiger partial charge < -0.3 is 10.4 Å². The molecule has 0 radical (unpaired) electrons. The highest BCUT2D eigenvalue weighted by Crippen LogP contribution is 2.04. The van der Waals surface area contributed by atoms with Gasteiger partial charge in [0.15, 0.2) is 0 Å². The average molecular weight is 237 g/mol. The lowest BCUT2D eigenvalue weighted by Gasteiger charge is -2.07. The highest BCUT2D eigenvalue weighted by atomic mass is 16.4. The van der Waals surface area contributed by atoms with Crippen LogP contribution in [0.25, 0.3) is 0 Å². The third-order valence-corrected chi connectivity index (χ3v) is 2.34. The van der Waals surface area contributed by atoms with Crippen molar-refractivity contribution in [3.63, 3.8) is 0 Å². The number of carbonyl (C=O) groups excluding carboxylic acids is 1. The fourth-order valence-corrected chi connectivity index (χ4v) is 1.25. The lowest BCUT2D eigenvalue weighted by Crippen LogP contribution is -2.25. The fourth-order valence-electron chi connectivity index (χ4n) is 1.25. The minimum absolute atomic E-state index is 0.242. The number of nitrogens with zero attached hydrogens (tertiary/aromatic N) is 2. The SMILES string of the molecule is CC(CCCNC(=O)c1cncnc1)C(=O)O. The molecule has 1 amide bonds. The van der Waals surface area contributed by atoms with Gasteiger partial charge in [0.2, 0.25) is 0 Å². The molecule has 0 aromatic carbocycles. The summed E-state index contributed by atoms with van der Waals surface area (Å²) in [6.07, 6.45) is 5.39. The predicted molar refractivity (Wildman–Crippen MR) is 60.4 cm³/mol. The Kier molecular flexibility index (Phi) is 5.06. The summed E-state index contributed by atoms with van der Waals surface area (Å²) < 4.78 is 0. The Morgan fingerprint density at radius 2 is 2.06 bits per heavy atom. The van der Waals surface area contributed by atoms with Crippen LogP contribution in [0.4, 0.5) is 0 Å². The van der Waals surface area contributed by atoms with Gasteiger partial charge in [-0.25, -0.2) is 9.97 Å². The monoisotopic (exact) mass is 237 g/mol. The Labute approximate surface area is 99.1 Å². The van der Waals surface area contributed by atoms with Gasteiger partial charge in [0.05, 0.1) is 11.5 Å². The zero-order chi connectivity index (χ0) is 12.7. The Morgan fingerprint density at radius 3 is 2.65 bits per heavy atom. The molecule has 0 aliphatic heterocycles. The summed E-state index contributed by atoms with van der Waals surface area (Å²) in [6.45, 7) is 2.10. The highest BCUT2D eigenvalue weighted by molar-refractivity contribution is 5.93. The van der Waals surface area contributed by atoms with Crippen LogP contribution in [0, 0.1) is 5.92 Å². The number of aliphatic carboxylic acids is 1. The number of rotatable bonds is 6. The van der Waals surface area contributed by atoms with Gasteiger partial charge in [0, 0.05) is 18.9 Å². The molecule has 17 heavy (non-hydrogen) atoms. The number of hydrogen-bond donors (Lipinski definition) is 2. The average Bonchev–Trinajstić information content (AvgIpc) is 2.35. The Morgan fingerprint density at radius 1 is 1.41 bits per heavy atom.